The highest BCUT2D eigenvalue weighted by Crippen LogP contribution is 2.32. The van der Waals surface area contributed by atoms with Crippen molar-refractivity contribution in [1.82, 2.24) is 4.90 Å². The van der Waals surface area contributed by atoms with Crippen molar-refractivity contribution in [3.63, 3.8) is 0 Å². The Morgan fingerprint density at radius 2 is 2.25 bits per heavy atom. The number of carbonyl (C=O) groups excluding carboxylic acids is 1. The monoisotopic (exact) mass is 289 g/mol. The molecule has 1 N–H and O–H groups in total. The Labute approximate surface area is 122 Å². The van der Waals surface area contributed by atoms with E-state index in [4.69, 9.17) is 0 Å². The topological polar surface area (TPSA) is 40.5 Å². The average molecular weight is 289 g/mol. The fourth-order valence-electron chi connectivity index (χ4n) is 2.92. The number of rotatable bonds is 2. The lowest BCUT2D eigenvalue weighted by atomic mass is 9.98. The zero-order chi connectivity index (χ0) is 14.1. The Morgan fingerprint density at radius 1 is 1.45 bits per heavy atom. The van der Waals surface area contributed by atoms with Crippen molar-refractivity contribution >= 4 is 27.3 Å². The molecule has 0 saturated carbocycles. The lowest BCUT2D eigenvalue weighted by molar-refractivity contribution is 0.0625. The minimum atomic E-state index is 0.127. The molecular weight excluding hydrogens is 270 g/mol. The van der Waals surface area contributed by atoms with E-state index >= 15 is 0 Å². The number of hydrogen-bond acceptors (Lipinski definition) is 3. The number of hydrogen-bond donors (Lipinski definition) is 1. The van der Waals surface area contributed by atoms with Crippen LogP contribution in [0.2, 0.25) is 0 Å². The van der Waals surface area contributed by atoms with E-state index in [9.17, 15) is 9.90 Å². The molecule has 4 heteroatoms. The molecule has 1 atom stereocenters. The van der Waals surface area contributed by atoms with Crippen LogP contribution in [0.5, 0.6) is 0 Å². The molecule has 0 radical (unpaired) electrons. The van der Waals surface area contributed by atoms with Gasteiger partial charge >= 0.3 is 0 Å². The first kappa shape index (κ1) is 13.6. The molecule has 1 aromatic heterocycles. The van der Waals surface area contributed by atoms with Gasteiger partial charge in [0, 0.05) is 24.4 Å². The minimum Gasteiger partial charge on any atom is -0.396 e. The van der Waals surface area contributed by atoms with Crippen molar-refractivity contribution in [2.75, 3.05) is 19.7 Å². The molecule has 20 heavy (non-hydrogen) atoms. The van der Waals surface area contributed by atoms with E-state index in [0.29, 0.717) is 6.54 Å². The SMILES string of the molecule is Cc1c(C(=O)N2CCCC(CO)C2)sc2ccccc12. The van der Waals surface area contributed by atoms with E-state index in [1.54, 1.807) is 11.3 Å². The Balaban J connectivity index is 1.90. The molecule has 1 unspecified atom stereocenters. The third-order valence-electron chi connectivity index (χ3n) is 4.10. The summed E-state index contributed by atoms with van der Waals surface area (Å²) in [5, 5.41) is 10.5. The predicted molar refractivity (Wildman–Crippen MR) is 82.3 cm³/mol. The predicted octanol–water partition coefficient (Wildman–Crippen LogP) is 3.05. The van der Waals surface area contributed by atoms with Crippen molar-refractivity contribution in [2.24, 2.45) is 5.92 Å². The second-order valence-corrected chi connectivity index (χ2v) is 6.55. The fourth-order valence-corrected chi connectivity index (χ4v) is 4.10. The summed E-state index contributed by atoms with van der Waals surface area (Å²) >= 11 is 1.58. The summed E-state index contributed by atoms with van der Waals surface area (Å²) in [5.74, 6) is 0.365. The molecule has 1 fully saturated rings. The van der Waals surface area contributed by atoms with Crippen LogP contribution in [0.4, 0.5) is 0 Å². The van der Waals surface area contributed by atoms with Crippen molar-refractivity contribution < 1.29 is 9.90 Å². The Kier molecular flexibility index (Phi) is 3.76. The molecule has 0 spiro atoms. The van der Waals surface area contributed by atoms with Crippen molar-refractivity contribution in [3.8, 4) is 0 Å². The summed E-state index contributed by atoms with van der Waals surface area (Å²) in [7, 11) is 0. The molecule has 1 aromatic carbocycles. The summed E-state index contributed by atoms with van der Waals surface area (Å²) in [6.07, 6.45) is 2.01. The van der Waals surface area contributed by atoms with E-state index in [2.05, 4.69) is 12.1 Å². The highest BCUT2D eigenvalue weighted by molar-refractivity contribution is 7.21. The van der Waals surface area contributed by atoms with Crippen LogP contribution in [0.25, 0.3) is 10.1 Å². The van der Waals surface area contributed by atoms with Crippen LogP contribution in [0.3, 0.4) is 0 Å². The number of amides is 1. The zero-order valence-corrected chi connectivity index (χ0v) is 12.4. The lowest BCUT2D eigenvalue weighted by Crippen LogP contribution is -2.40. The van der Waals surface area contributed by atoms with Gasteiger partial charge in [0.25, 0.3) is 5.91 Å². The van der Waals surface area contributed by atoms with Crippen LogP contribution in [0, 0.1) is 12.8 Å². The fraction of sp³-hybridized carbons (Fsp3) is 0.438. The highest BCUT2D eigenvalue weighted by atomic mass is 32.1. The third-order valence-corrected chi connectivity index (χ3v) is 5.36. The van der Waals surface area contributed by atoms with E-state index in [1.807, 2.05) is 24.0 Å². The summed E-state index contributed by atoms with van der Waals surface area (Å²) in [6, 6.07) is 8.16. The maximum Gasteiger partial charge on any atom is 0.264 e. The first-order valence-electron chi connectivity index (χ1n) is 7.09. The number of piperidine rings is 1. The average Bonchev–Trinajstić information content (AvgIpc) is 2.84. The number of benzene rings is 1. The zero-order valence-electron chi connectivity index (χ0n) is 11.6. The van der Waals surface area contributed by atoms with E-state index in [0.717, 1.165) is 29.8 Å². The molecular formula is C16H19NO2S. The number of aliphatic hydroxyl groups is 1. The Morgan fingerprint density at radius 3 is 3.00 bits per heavy atom. The largest absolute Gasteiger partial charge is 0.396 e. The molecule has 1 amide bonds. The lowest BCUT2D eigenvalue weighted by Gasteiger charge is -2.31. The smallest absolute Gasteiger partial charge is 0.264 e. The number of aryl methyl sites for hydroxylation is 1. The number of thiophene rings is 1. The van der Waals surface area contributed by atoms with Gasteiger partial charge in [0.15, 0.2) is 0 Å². The Hall–Kier alpha value is -1.39. The maximum atomic E-state index is 12.7. The number of fused-ring (bicyclic) bond motifs is 1. The molecule has 3 rings (SSSR count). The molecule has 1 aliphatic rings. The van der Waals surface area contributed by atoms with Gasteiger partial charge in [0.2, 0.25) is 0 Å². The van der Waals surface area contributed by atoms with Gasteiger partial charge in [-0.2, -0.15) is 0 Å². The van der Waals surface area contributed by atoms with Gasteiger partial charge in [-0.3, -0.25) is 4.79 Å². The van der Waals surface area contributed by atoms with Crippen molar-refractivity contribution in [2.45, 2.75) is 19.8 Å². The second-order valence-electron chi connectivity index (χ2n) is 5.49. The van der Waals surface area contributed by atoms with Gasteiger partial charge in [-0.15, -0.1) is 11.3 Å². The van der Waals surface area contributed by atoms with Crippen LogP contribution in [0.1, 0.15) is 28.1 Å². The quantitative estimate of drug-likeness (QED) is 0.923. The summed E-state index contributed by atoms with van der Waals surface area (Å²) < 4.78 is 1.17. The summed E-state index contributed by atoms with van der Waals surface area (Å²) in [4.78, 5) is 15.5. The molecule has 0 bridgehead atoms. The first-order valence-corrected chi connectivity index (χ1v) is 7.90. The number of likely N-dealkylation sites (tertiary alicyclic amines) is 1. The molecule has 0 aliphatic carbocycles. The van der Waals surface area contributed by atoms with Crippen molar-refractivity contribution in [3.05, 3.63) is 34.7 Å². The van der Waals surface area contributed by atoms with E-state index in [-0.39, 0.29) is 18.4 Å². The van der Waals surface area contributed by atoms with Crippen molar-refractivity contribution in [1.29, 1.82) is 0 Å². The van der Waals surface area contributed by atoms with E-state index < -0.39 is 0 Å². The minimum absolute atomic E-state index is 0.127. The first-order chi connectivity index (χ1) is 9.70. The normalized spacial score (nSPS) is 19.5. The number of aliphatic hydroxyl groups excluding tert-OH is 1. The summed E-state index contributed by atoms with van der Waals surface area (Å²) in [5.41, 5.74) is 1.08. The number of carbonyl (C=O) groups is 1. The maximum absolute atomic E-state index is 12.7. The van der Waals surface area contributed by atoms with Crippen LogP contribution >= 0.6 is 11.3 Å². The molecule has 3 nitrogen and oxygen atoms in total. The molecule has 1 aliphatic heterocycles. The highest BCUT2D eigenvalue weighted by Gasteiger charge is 2.26. The molecule has 2 aromatic rings. The summed E-state index contributed by atoms with van der Waals surface area (Å²) in [6.45, 7) is 3.70. The van der Waals surface area contributed by atoms with Crippen LogP contribution in [-0.4, -0.2) is 35.6 Å². The molecule has 2 heterocycles. The molecule has 1 saturated heterocycles. The van der Waals surface area contributed by atoms with Crippen LogP contribution in [0.15, 0.2) is 24.3 Å². The van der Waals surface area contributed by atoms with Gasteiger partial charge < -0.3 is 10.0 Å². The van der Waals surface area contributed by atoms with Gasteiger partial charge in [0.05, 0.1) is 4.88 Å². The van der Waals surface area contributed by atoms with Crippen LogP contribution in [-0.2, 0) is 0 Å². The third kappa shape index (κ3) is 2.34. The standard InChI is InChI=1S/C16H19NO2S/c1-11-13-6-2-3-7-14(13)20-15(11)16(19)17-8-4-5-12(9-17)10-18/h2-3,6-7,12,18H,4-5,8-10H2,1H3. The van der Waals surface area contributed by atoms with Gasteiger partial charge in [0.1, 0.15) is 0 Å². The van der Waals surface area contributed by atoms with E-state index in [1.165, 1.54) is 10.1 Å². The molecule has 106 valence electrons. The van der Waals surface area contributed by atoms with Crippen LogP contribution < -0.4 is 0 Å². The number of nitrogens with zero attached hydrogens (tertiary/aromatic N) is 1. The van der Waals surface area contributed by atoms with Gasteiger partial charge in [-0.05, 0) is 42.7 Å². The van der Waals surface area contributed by atoms with Gasteiger partial charge in [-0.25, -0.2) is 0 Å². The van der Waals surface area contributed by atoms with Gasteiger partial charge in [-0.1, -0.05) is 18.2 Å². The second kappa shape index (κ2) is 5.54. The Bertz CT molecular complexity index is 634.